The molecule has 1 aromatic carbocycles. The lowest BCUT2D eigenvalue weighted by Gasteiger charge is -2.08. The number of aliphatic hydroxyl groups excluding tert-OH is 1. The summed E-state index contributed by atoms with van der Waals surface area (Å²) in [5.41, 5.74) is 0.615. The minimum atomic E-state index is -0.0849. The van der Waals surface area contributed by atoms with E-state index < -0.39 is 0 Å². The zero-order valence-electron chi connectivity index (χ0n) is 9.95. The third-order valence-corrected chi connectivity index (χ3v) is 2.83. The van der Waals surface area contributed by atoms with E-state index in [2.05, 4.69) is 5.32 Å². The van der Waals surface area contributed by atoms with Gasteiger partial charge in [0.25, 0.3) is 5.91 Å². The number of nitrogens with one attached hydrogen (secondary N) is 1. The topological polar surface area (TPSA) is 49.3 Å². The van der Waals surface area contributed by atoms with Gasteiger partial charge in [-0.25, -0.2) is 0 Å². The third kappa shape index (κ3) is 5.20. The summed E-state index contributed by atoms with van der Waals surface area (Å²) in [6, 6.07) is 6.80. The van der Waals surface area contributed by atoms with Crippen LogP contribution in [-0.4, -0.2) is 24.2 Å². The molecule has 94 valence electrons. The van der Waals surface area contributed by atoms with E-state index in [-0.39, 0.29) is 12.5 Å². The molecule has 0 aliphatic heterocycles. The quantitative estimate of drug-likeness (QED) is 0.768. The van der Waals surface area contributed by atoms with Crippen molar-refractivity contribution in [1.29, 1.82) is 0 Å². The minimum absolute atomic E-state index is 0.0849. The lowest BCUT2D eigenvalue weighted by Crippen LogP contribution is -2.24. The van der Waals surface area contributed by atoms with Crippen LogP contribution in [0.4, 0.5) is 0 Å². The molecular formula is C13H18ClNO2. The number of hydrogen-bond acceptors (Lipinski definition) is 2. The Hall–Kier alpha value is -1.06. The van der Waals surface area contributed by atoms with E-state index in [0.717, 1.165) is 12.8 Å². The summed E-state index contributed by atoms with van der Waals surface area (Å²) in [7, 11) is 0. The van der Waals surface area contributed by atoms with Gasteiger partial charge in [-0.15, -0.1) is 0 Å². The molecule has 17 heavy (non-hydrogen) atoms. The van der Waals surface area contributed by atoms with Crippen molar-refractivity contribution in [1.82, 2.24) is 5.32 Å². The molecule has 0 radical (unpaired) electrons. The van der Waals surface area contributed by atoms with E-state index in [4.69, 9.17) is 16.7 Å². The van der Waals surface area contributed by atoms with Crippen LogP contribution in [0.5, 0.6) is 0 Å². The van der Waals surface area contributed by atoms with Crippen LogP contribution in [0.3, 0.4) is 0 Å². The summed E-state index contributed by atoms with van der Waals surface area (Å²) in [4.78, 5) is 11.7. The first-order valence-electron chi connectivity index (χ1n) is 5.78. The zero-order chi connectivity index (χ0) is 12.7. The van der Waals surface area contributed by atoms with Crippen LogP contribution in [0.1, 0.15) is 30.1 Å². The van der Waals surface area contributed by atoms with Gasteiger partial charge in [-0.2, -0.15) is 0 Å². The maximum Gasteiger partial charge on any atom is 0.251 e. The molecule has 0 heterocycles. The maximum absolute atomic E-state index is 11.7. The number of rotatable bonds is 6. The van der Waals surface area contributed by atoms with Crippen LogP contribution >= 0.6 is 11.6 Å². The third-order valence-electron chi connectivity index (χ3n) is 2.58. The number of benzene rings is 1. The summed E-state index contributed by atoms with van der Waals surface area (Å²) >= 11 is 5.74. The predicted octanol–water partition coefficient (Wildman–Crippen LogP) is 2.48. The Balaban J connectivity index is 2.28. The second-order valence-electron chi connectivity index (χ2n) is 4.19. The molecule has 1 amide bonds. The maximum atomic E-state index is 11.7. The molecule has 0 spiro atoms. The largest absolute Gasteiger partial charge is 0.396 e. The normalized spacial score (nSPS) is 12.2. The van der Waals surface area contributed by atoms with Gasteiger partial charge in [0.2, 0.25) is 0 Å². The Morgan fingerprint density at radius 1 is 1.41 bits per heavy atom. The molecule has 0 fully saturated rings. The highest BCUT2D eigenvalue weighted by Crippen LogP contribution is 2.09. The number of hydrogen-bond donors (Lipinski definition) is 2. The Labute approximate surface area is 107 Å². The van der Waals surface area contributed by atoms with Gasteiger partial charge in [-0.05, 0) is 43.0 Å². The molecule has 4 heteroatoms. The Kier molecular flexibility index (Phi) is 6.01. The molecule has 0 aliphatic carbocycles. The van der Waals surface area contributed by atoms with Crippen LogP contribution in [-0.2, 0) is 0 Å². The lowest BCUT2D eigenvalue weighted by atomic mass is 10.1. The van der Waals surface area contributed by atoms with Gasteiger partial charge < -0.3 is 10.4 Å². The van der Waals surface area contributed by atoms with Gasteiger partial charge in [0.15, 0.2) is 0 Å². The molecular weight excluding hydrogens is 238 g/mol. The Morgan fingerprint density at radius 3 is 2.65 bits per heavy atom. The molecule has 0 aromatic heterocycles. The number of aliphatic hydroxyl groups is 1. The summed E-state index contributed by atoms with van der Waals surface area (Å²) in [5.74, 6) is 0.209. The van der Waals surface area contributed by atoms with Crippen LogP contribution in [0.25, 0.3) is 0 Å². The van der Waals surface area contributed by atoms with Gasteiger partial charge in [-0.1, -0.05) is 18.5 Å². The lowest BCUT2D eigenvalue weighted by molar-refractivity contribution is 0.0952. The van der Waals surface area contributed by atoms with E-state index in [1.54, 1.807) is 24.3 Å². The second-order valence-corrected chi connectivity index (χ2v) is 4.63. The molecule has 1 unspecified atom stereocenters. The van der Waals surface area contributed by atoms with Gasteiger partial charge in [0.05, 0.1) is 0 Å². The highest BCUT2D eigenvalue weighted by atomic mass is 35.5. The molecule has 0 saturated heterocycles. The fraction of sp³-hybridized carbons (Fsp3) is 0.462. The number of amides is 1. The van der Waals surface area contributed by atoms with Crippen molar-refractivity contribution >= 4 is 17.5 Å². The van der Waals surface area contributed by atoms with Crippen LogP contribution < -0.4 is 5.32 Å². The standard InChI is InChI=1S/C13H18ClNO2/c1-10(9-16)3-2-8-15-13(17)11-4-6-12(14)7-5-11/h4-7,10,16H,2-3,8-9H2,1H3,(H,15,17). The van der Waals surface area contributed by atoms with Gasteiger partial charge in [0, 0.05) is 23.7 Å². The molecule has 1 rings (SSSR count). The number of halogens is 1. The molecule has 0 bridgehead atoms. The van der Waals surface area contributed by atoms with Crippen molar-refractivity contribution in [2.75, 3.05) is 13.2 Å². The van der Waals surface area contributed by atoms with Crippen molar-refractivity contribution in [3.63, 3.8) is 0 Å². The Morgan fingerprint density at radius 2 is 2.06 bits per heavy atom. The second kappa shape index (κ2) is 7.30. The number of carbonyl (C=O) groups excluding carboxylic acids is 1. The molecule has 0 aliphatic rings. The van der Waals surface area contributed by atoms with E-state index >= 15 is 0 Å². The summed E-state index contributed by atoms with van der Waals surface area (Å²) in [6.45, 7) is 2.82. The van der Waals surface area contributed by atoms with Crippen molar-refractivity contribution < 1.29 is 9.90 Å². The smallest absolute Gasteiger partial charge is 0.251 e. The van der Waals surface area contributed by atoms with Crippen LogP contribution in [0.2, 0.25) is 5.02 Å². The zero-order valence-corrected chi connectivity index (χ0v) is 10.7. The van der Waals surface area contributed by atoms with Gasteiger partial charge >= 0.3 is 0 Å². The van der Waals surface area contributed by atoms with Crippen molar-refractivity contribution in [2.24, 2.45) is 5.92 Å². The predicted molar refractivity (Wildman–Crippen MR) is 69.3 cm³/mol. The van der Waals surface area contributed by atoms with Crippen molar-refractivity contribution in [2.45, 2.75) is 19.8 Å². The first-order chi connectivity index (χ1) is 8.13. The molecule has 0 saturated carbocycles. The fourth-order valence-corrected chi connectivity index (χ4v) is 1.57. The number of carbonyl (C=O) groups is 1. The average molecular weight is 256 g/mol. The van der Waals surface area contributed by atoms with Gasteiger partial charge in [-0.3, -0.25) is 4.79 Å². The van der Waals surface area contributed by atoms with E-state index in [0.29, 0.717) is 23.0 Å². The minimum Gasteiger partial charge on any atom is -0.396 e. The highest BCUT2D eigenvalue weighted by Gasteiger charge is 2.05. The first-order valence-corrected chi connectivity index (χ1v) is 6.16. The molecule has 2 N–H and O–H groups in total. The summed E-state index contributed by atoms with van der Waals surface area (Å²) in [5, 5.41) is 12.3. The monoisotopic (exact) mass is 255 g/mol. The fourth-order valence-electron chi connectivity index (χ4n) is 1.45. The van der Waals surface area contributed by atoms with Crippen molar-refractivity contribution in [3.8, 4) is 0 Å². The SMILES string of the molecule is CC(CO)CCCNC(=O)c1ccc(Cl)cc1. The van der Waals surface area contributed by atoms with E-state index in [1.807, 2.05) is 6.92 Å². The Bertz CT molecular complexity index is 351. The van der Waals surface area contributed by atoms with Gasteiger partial charge in [0.1, 0.15) is 0 Å². The summed E-state index contributed by atoms with van der Waals surface area (Å²) < 4.78 is 0. The van der Waals surface area contributed by atoms with E-state index in [9.17, 15) is 4.79 Å². The van der Waals surface area contributed by atoms with Crippen molar-refractivity contribution in [3.05, 3.63) is 34.9 Å². The highest BCUT2D eigenvalue weighted by molar-refractivity contribution is 6.30. The van der Waals surface area contributed by atoms with Crippen LogP contribution in [0.15, 0.2) is 24.3 Å². The first kappa shape index (κ1) is 14.0. The van der Waals surface area contributed by atoms with Crippen LogP contribution in [0, 0.1) is 5.92 Å². The molecule has 3 nitrogen and oxygen atoms in total. The average Bonchev–Trinajstić information content (AvgIpc) is 2.34. The molecule has 1 aromatic rings. The molecule has 1 atom stereocenters. The van der Waals surface area contributed by atoms with E-state index in [1.165, 1.54) is 0 Å². The summed E-state index contributed by atoms with van der Waals surface area (Å²) in [6.07, 6.45) is 1.79.